The second-order valence-corrected chi connectivity index (χ2v) is 7.44. The van der Waals surface area contributed by atoms with E-state index in [2.05, 4.69) is 10.2 Å². The van der Waals surface area contributed by atoms with Crippen LogP contribution in [0.1, 0.15) is 28.8 Å². The van der Waals surface area contributed by atoms with Crippen LogP contribution >= 0.6 is 0 Å². The number of rotatable bonds is 2. The van der Waals surface area contributed by atoms with Gasteiger partial charge < -0.3 is 19.1 Å². The molecule has 2 aliphatic heterocycles. The standard InChI is InChI=1S/C19H20F3N5O3/c1-11-3-5-12(6-4-11)15-16(30-10-14(28)25(15)2)17(29)26-7-8-27-13(9-26)23-24-18(27)19(20,21)22/h3-6,15-16H,7-10H2,1-2H3. The smallest absolute Gasteiger partial charge is 0.356 e. The summed E-state index contributed by atoms with van der Waals surface area (Å²) in [5.74, 6) is -1.66. The number of benzene rings is 1. The summed E-state index contributed by atoms with van der Waals surface area (Å²) in [6, 6.07) is 6.80. The van der Waals surface area contributed by atoms with Crippen molar-refractivity contribution < 1.29 is 27.5 Å². The first-order valence-corrected chi connectivity index (χ1v) is 9.38. The van der Waals surface area contributed by atoms with Crippen LogP contribution in [0, 0.1) is 6.92 Å². The third kappa shape index (κ3) is 3.53. The second-order valence-electron chi connectivity index (χ2n) is 7.44. The number of fused-ring (bicyclic) bond motifs is 1. The Labute approximate surface area is 170 Å². The number of nitrogens with zero attached hydrogens (tertiary/aromatic N) is 5. The van der Waals surface area contributed by atoms with Crippen molar-refractivity contribution in [2.45, 2.75) is 38.3 Å². The van der Waals surface area contributed by atoms with Gasteiger partial charge in [-0.05, 0) is 12.5 Å². The van der Waals surface area contributed by atoms with Crippen LogP contribution in [0.15, 0.2) is 24.3 Å². The van der Waals surface area contributed by atoms with Crippen LogP contribution in [0.4, 0.5) is 13.2 Å². The SMILES string of the molecule is Cc1ccc(C2C(C(=O)N3CCn4c(nnc4C(F)(F)F)C3)OCC(=O)N2C)cc1. The predicted molar refractivity (Wildman–Crippen MR) is 96.9 cm³/mol. The lowest BCUT2D eigenvalue weighted by atomic mass is 9.96. The van der Waals surface area contributed by atoms with Gasteiger partial charge in [0.15, 0.2) is 11.9 Å². The molecule has 160 valence electrons. The molecule has 2 atom stereocenters. The fourth-order valence-electron chi connectivity index (χ4n) is 3.82. The van der Waals surface area contributed by atoms with E-state index in [1.54, 1.807) is 7.05 Å². The molecule has 30 heavy (non-hydrogen) atoms. The number of ether oxygens (including phenoxy) is 1. The average Bonchev–Trinajstić information content (AvgIpc) is 3.14. The number of hydrogen-bond donors (Lipinski definition) is 0. The Hall–Kier alpha value is -2.95. The molecule has 11 heteroatoms. The van der Waals surface area contributed by atoms with Gasteiger partial charge in [-0.1, -0.05) is 29.8 Å². The van der Waals surface area contributed by atoms with E-state index in [4.69, 9.17) is 4.74 Å². The molecule has 1 fully saturated rings. The van der Waals surface area contributed by atoms with E-state index in [-0.39, 0.29) is 38.0 Å². The minimum Gasteiger partial charge on any atom is -0.356 e. The lowest BCUT2D eigenvalue weighted by Gasteiger charge is -2.41. The van der Waals surface area contributed by atoms with Crippen LogP contribution < -0.4 is 0 Å². The summed E-state index contributed by atoms with van der Waals surface area (Å²) in [5, 5.41) is 6.84. The normalized spacial score (nSPS) is 22.2. The molecule has 0 bridgehead atoms. The van der Waals surface area contributed by atoms with Crippen molar-refractivity contribution in [1.82, 2.24) is 24.6 Å². The maximum absolute atomic E-state index is 13.3. The van der Waals surface area contributed by atoms with E-state index in [1.165, 1.54) is 9.80 Å². The number of hydrogen-bond acceptors (Lipinski definition) is 5. The van der Waals surface area contributed by atoms with Gasteiger partial charge in [0, 0.05) is 20.1 Å². The van der Waals surface area contributed by atoms with Crippen molar-refractivity contribution in [3.63, 3.8) is 0 Å². The summed E-state index contributed by atoms with van der Waals surface area (Å²) < 4.78 is 45.7. The first-order chi connectivity index (χ1) is 14.2. The predicted octanol–water partition coefficient (Wildman–Crippen LogP) is 1.55. The van der Waals surface area contributed by atoms with Gasteiger partial charge in [-0.2, -0.15) is 13.2 Å². The summed E-state index contributed by atoms with van der Waals surface area (Å²) in [4.78, 5) is 28.3. The molecule has 0 saturated carbocycles. The first kappa shape index (κ1) is 20.3. The van der Waals surface area contributed by atoms with Gasteiger partial charge in [-0.15, -0.1) is 10.2 Å². The molecule has 0 radical (unpaired) electrons. The summed E-state index contributed by atoms with van der Waals surface area (Å²) in [6.45, 7) is 1.57. The maximum Gasteiger partial charge on any atom is 0.451 e. The van der Waals surface area contributed by atoms with Crippen molar-refractivity contribution in [3.05, 3.63) is 47.0 Å². The number of carbonyl (C=O) groups excluding carboxylic acids is 2. The number of alkyl halides is 3. The largest absolute Gasteiger partial charge is 0.451 e. The van der Waals surface area contributed by atoms with Gasteiger partial charge in [0.1, 0.15) is 6.61 Å². The Morgan fingerprint density at radius 1 is 1.17 bits per heavy atom. The highest BCUT2D eigenvalue weighted by Gasteiger charge is 2.44. The summed E-state index contributed by atoms with van der Waals surface area (Å²) in [6.07, 6.45) is -5.57. The van der Waals surface area contributed by atoms with Crippen molar-refractivity contribution in [3.8, 4) is 0 Å². The molecule has 0 spiro atoms. The van der Waals surface area contributed by atoms with Crippen LogP contribution in [-0.4, -0.2) is 62.7 Å². The maximum atomic E-state index is 13.3. The molecule has 2 amide bonds. The number of aromatic nitrogens is 3. The van der Waals surface area contributed by atoms with Crippen molar-refractivity contribution in [2.75, 3.05) is 20.2 Å². The summed E-state index contributed by atoms with van der Waals surface area (Å²) in [5.41, 5.74) is 1.78. The molecular formula is C19H20F3N5O3. The monoisotopic (exact) mass is 423 g/mol. The highest BCUT2D eigenvalue weighted by Crippen LogP contribution is 2.32. The first-order valence-electron chi connectivity index (χ1n) is 9.38. The average molecular weight is 423 g/mol. The summed E-state index contributed by atoms with van der Waals surface area (Å²) >= 11 is 0. The van der Waals surface area contributed by atoms with Gasteiger partial charge in [0.05, 0.1) is 12.6 Å². The molecule has 1 saturated heterocycles. The molecule has 4 rings (SSSR count). The third-order valence-corrected chi connectivity index (χ3v) is 5.46. The summed E-state index contributed by atoms with van der Waals surface area (Å²) in [7, 11) is 1.61. The zero-order chi connectivity index (χ0) is 21.6. The van der Waals surface area contributed by atoms with Crippen LogP contribution in [0.5, 0.6) is 0 Å². The Balaban J connectivity index is 1.59. The fraction of sp³-hybridized carbons (Fsp3) is 0.474. The van der Waals surface area contributed by atoms with Crippen LogP contribution in [-0.2, 0) is 33.6 Å². The highest BCUT2D eigenvalue weighted by molar-refractivity contribution is 5.86. The molecular weight excluding hydrogens is 403 g/mol. The number of amides is 2. The topological polar surface area (TPSA) is 80.6 Å². The Kier molecular flexibility index (Phi) is 5.00. The van der Waals surface area contributed by atoms with E-state index < -0.39 is 30.1 Å². The zero-order valence-electron chi connectivity index (χ0n) is 16.4. The molecule has 1 aromatic carbocycles. The van der Waals surface area contributed by atoms with Gasteiger partial charge in [0.25, 0.3) is 5.91 Å². The lowest BCUT2D eigenvalue weighted by molar-refractivity contribution is -0.168. The minimum absolute atomic E-state index is 0.0606. The Bertz CT molecular complexity index is 973. The van der Waals surface area contributed by atoms with E-state index in [0.717, 1.165) is 15.7 Å². The number of morpholine rings is 1. The van der Waals surface area contributed by atoms with E-state index >= 15 is 0 Å². The van der Waals surface area contributed by atoms with Crippen molar-refractivity contribution in [2.24, 2.45) is 0 Å². The Morgan fingerprint density at radius 2 is 1.87 bits per heavy atom. The molecule has 0 N–H and O–H groups in total. The molecule has 8 nitrogen and oxygen atoms in total. The zero-order valence-corrected chi connectivity index (χ0v) is 16.4. The second kappa shape index (κ2) is 7.38. The molecule has 2 aliphatic rings. The number of likely N-dealkylation sites (N-methyl/N-ethyl adjacent to an activating group) is 1. The molecule has 2 unspecified atom stereocenters. The Morgan fingerprint density at radius 3 is 2.53 bits per heavy atom. The number of aryl methyl sites for hydroxylation is 1. The van der Waals surface area contributed by atoms with Crippen LogP contribution in [0.2, 0.25) is 0 Å². The number of carbonyl (C=O) groups is 2. The quantitative estimate of drug-likeness (QED) is 0.732. The highest BCUT2D eigenvalue weighted by atomic mass is 19.4. The molecule has 1 aromatic heterocycles. The van der Waals surface area contributed by atoms with E-state index in [1.807, 2.05) is 31.2 Å². The number of halogens is 3. The van der Waals surface area contributed by atoms with Gasteiger partial charge in [-0.3, -0.25) is 9.59 Å². The van der Waals surface area contributed by atoms with Crippen LogP contribution in [0.3, 0.4) is 0 Å². The van der Waals surface area contributed by atoms with Crippen molar-refractivity contribution >= 4 is 11.8 Å². The fourth-order valence-corrected chi connectivity index (χ4v) is 3.82. The van der Waals surface area contributed by atoms with E-state index in [9.17, 15) is 22.8 Å². The third-order valence-electron chi connectivity index (χ3n) is 5.46. The van der Waals surface area contributed by atoms with Crippen LogP contribution in [0.25, 0.3) is 0 Å². The van der Waals surface area contributed by atoms with Gasteiger partial charge >= 0.3 is 6.18 Å². The van der Waals surface area contributed by atoms with E-state index in [0.29, 0.717) is 0 Å². The molecule has 3 heterocycles. The van der Waals surface area contributed by atoms with Gasteiger partial charge in [0.2, 0.25) is 11.7 Å². The molecule has 2 aromatic rings. The van der Waals surface area contributed by atoms with Crippen molar-refractivity contribution in [1.29, 1.82) is 0 Å². The van der Waals surface area contributed by atoms with Gasteiger partial charge in [-0.25, -0.2) is 0 Å². The minimum atomic E-state index is -4.61. The molecule has 0 aliphatic carbocycles. The lowest BCUT2D eigenvalue weighted by Crippen LogP contribution is -2.54.